The predicted octanol–water partition coefficient (Wildman–Crippen LogP) is 1.39. The first-order valence-corrected chi connectivity index (χ1v) is 4.27. The molecule has 1 amide bonds. The number of hydrogen-bond donors (Lipinski definition) is 0. The maximum absolute atomic E-state index is 13.3. The van der Waals surface area contributed by atoms with Crippen LogP contribution < -0.4 is 0 Å². The summed E-state index contributed by atoms with van der Waals surface area (Å²) in [5, 5.41) is 5.20. The molecule has 0 bridgehead atoms. The lowest BCUT2D eigenvalue weighted by Gasteiger charge is -2.00. The van der Waals surface area contributed by atoms with Crippen LogP contribution in [0.4, 0.5) is 4.39 Å². The molecule has 1 aliphatic heterocycles. The van der Waals surface area contributed by atoms with Crippen molar-refractivity contribution in [3.05, 3.63) is 35.6 Å². The van der Waals surface area contributed by atoms with Crippen molar-refractivity contribution in [1.82, 2.24) is 5.01 Å². The number of rotatable bonds is 1. The molecule has 14 heavy (non-hydrogen) atoms. The van der Waals surface area contributed by atoms with Crippen LogP contribution in [-0.2, 0) is 4.79 Å². The van der Waals surface area contributed by atoms with Crippen molar-refractivity contribution in [2.75, 3.05) is 7.05 Å². The van der Waals surface area contributed by atoms with Crippen LogP contribution in [0.3, 0.4) is 0 Å². The molecule has 1 aliphatic rings. The van der Waals surface area contributed by atoms with Gasteiger partial charge < -0.3 is 0 Å². The second-order valence-electron chi connectivity index (χ2n) is 3.12. The standard InChI is InChI=1S/C10H9FN2O/c1-13-10(14)6-9(12-13)7-4-2-3-5-8(7)11/h2-5H,6H2,1H3. The number of amides is 1. The van der Waals surface area contributed by atoms with Gasteiger partial charge in [0.05, 0.1) is 12.1 Å². The monoisotopic (exact) mass is 192 g/mol. The van der Waals surface area contributed by atoms with Crippen molar-refractivity contribution in [2.24, 2.45) is 5.10 Å². The number of halogens is 1. The van der Waals surface area contributed by atoms with Crippen molar-refractivity contribution >= 4 is 11.6 Å². The lowest BCUT2D eigenvalue weighted by Crippen LogP contribution is -2.14. The van der Waals surface area contributed by atoms with Crippen LogP contribution in [0, 0.1) is 5.82 Å². The highest BCUT2D eigenvalue weighted by Crippen LogP contribution is 2.15. The summed E-state index contributed by atoms with van der Waals surface area (Å²) in [5.41, 5.74) is 0.904. The summed E-state index contributed by atoms with van der Waals surface area (Å²) in [4.78, 5) is 11.2. The fourth-order valence-corrected chi connectivity index (χ4v) is 1.37. The van der Waals surface area contributed by atoms with Crippen LogP contribution in [0.15, 0.2) is 29.4 Å². The third-order valence-electron chi connectivity index (χ3n) is 2.14. The molecule has 1 aromatic carbocycles. The molecule has 0 fully saturated rings. The second kappa shape index (κ2) is 3.21. The molecule has 0 radical (unpaired) electrons. The molecule has 1 heterocycles. The summed E-state index contributed by atoms with van der Waals surface area (Å²) in [6, 6.07) is 6.32. The van der Waals surface area contributed by atoms with Gasteiger partial charge in [0, 0.05) is 12.6 Å². The van der Waals surface area contributed by atoms with E-state index < -0.39 is 0 Å². The minimum absolute atomic E-state index is 0.108. The van der Waals surface area contributed by atoms with E-state index in [1.807, 2.05) is 0 Å². The molecule has 0 atom stereocenters. The number of hydrogen-bond acceptors (Lipinski definition) is 2. The lowest BCUT2D eigenvalue weighted by molar-refractivity contribution is -0.127. The molecule has 3 nitrogen and oxygen atoms in total. The number of carbonyl (C=O) groups is 1. The number of carbonyl (C=O) groups excluding carboxylic acids is 1. The normalized spacial score (nSPS) is 16.0. The van der Waals surface area contributed by atoms with E-state index in [0.29, 0.717) is 11.3 Å². The predicted molar refractivity (Wildman–Crippen MR) is 50.3 cm³/mol. The largest absolute Gasteiger partial charge is 0.273 e. The molecule has 72 valence electrons. The van der Waals surface area contributed by atoms with Gasteiger partial charge in [0.25, 0.3) is 0 Å². The van der Waals surface area contributed by atoms with E-state index in [2.05, 4.69) is 5.10 Å². The fourth-order valence-electron chi connectivity index (χ4n) is 1.37. The van der Waals surface area contributed by atoms with Crippen molar-refractivity contribution < 1.29 is 9.18 Å². The molecule has 0 aromatic heterocycles. The van der Waals surface area contributed by atoms with E-state index >= 15 is 0 Å². The Kier molecular flexibility index (Phi) is 2.04. The Morgan fingerprint density at radius 1 is 1.43 bits per heavy atom. The van der Waals surface area contributed by atoms with Gasteiger partial charge in [0.2, 0.25) is 5.91 Å². The molecule has 0 saturated carbocycles. The maximum Gasteiger partial charge on any atom is 0.248 e. The Bertz CT molecular complexity index is 414. The molecule has 0 unspecified atom stereocenters. The highest BCUT2D eigenvalue weighted by molar-refractivity contribution is 6.13. The van der Waals surface area contributed by atoms with Gasteiger partial charge in [0.1, 0.15) is 5.82 Å². The first-order valence-electron chi connectivity index (χ1n) is 4.27. The van der Waals surface area contributed by atoms with Crippen LogP contribution in [0.2, 0.25) is 0 Å². The molecule has 0 saturated heterocycles. The van der Waals surface area contributed by atoms with Crippen molar-refractivity contribution in [1.29, 1.82) is 0 Å². The van der Waals surface area contributed by atoms with Gasteiger partial charge in [-0.1, -0.05) is 18.2 Å². The number of benzene rings is 1. The highest BCUT2D eigenvalue weighted by atomic mass is 19.1. The van der Waals surface area contributed by atoms with Crippen LogP contribution in [0.1, 0.15) is 12.0 Å². The first kappa shape index (κ1) is 8.87. The minimum atomic E-state index is -0.339. The zero-order valence-corrected chi connectivity index (χ0v) is 7.70. The Balaban J connectivity index is 2.38. The zero-order chi connectivity index (χ0) is 10.1. The SMILES string of the molecule is CN1N=C(c2ccccc2F)CC1=O. The van der Waals surface area contributed by atoms with E-state index in [4.69, 9.17) is 0 Å². The third-order valence-corrected chi connectivity index (χ3v) is 2.14. The summed E-state index contributed by atoms with van der Waals surface area (Å²) in [6.45, 7) is 0. The fraction of sp³-hybridized carbons (Fsp3) is 0.200. The lowest BCUT2D eigenvalue weighted by atomic mass is 10.1. The van der Waals surface area contributed by atoms with E-state index in [-0.39, 0.29) is 18.1 Å². The molecular weight excluding hydrogens is 183 g/mol. The van der Waals surface area contributed by atoms with Gasteiger partial charge in [-0.2, -0.15) is 5.10 Å². The molecule has 1 aromatic rings. The topological polar surface area (TPSA) is 32.7 Å². The molecule has 0 N–H and O–H groups in total. The number of hydrazone groups is 1. The maximum atomic E-state index is 13.3. The Labute approximate surface area is 80.8 Å². The van der Waals surface area contributed by atoms with Crippen LogP contribution in [-0.4, -0.2) is 23.7 Å². The van der Waals surface area contributed by atoms with E-state index in [0.717, 1.165) is 0 Å². The third kappa shape index (κ3) is 1.39. The number of nitrogens with zero attached hydrogens (tertiary/aromatic N) is 2. The molecule has 2 rings (SSSR count). The summed E-state index contributed by atoms with van der Waals surface area (Å²) in [6.07, 6.45) is 0.178. The van der Waals surface area contributed by atoms with Crippen molar-refractivity contribution in [3.8, 4) is 0 Å². The molecular formula is C10H9FN2O. The van der Waals surface area contributed by atoms with Crippen molar-refractivity contribution in [3.63, 3.8) is 0 Å². The summed E-state index contributed by atoms with van der Waals surface area (Å²) >= 11 is 0. The first-order chi connectivity index (χ1) is 6.68. The Morgan fingerprint density at radius 2 is 2.14 bits per heavy atom. The van der Waals surface area contributed by atoms with Gasteiger partial charge in [-0.05, 0) is 6.07 Å². The average molecular weight is 192 g/mol. The van der Waals surface area contributed by atoms with Gasteiger partial charge in [-0.3, -0.25) is 4.79 Å². The smallest absolute Gasteiger partial charge is 0.248 e. The van der Waals surface area contributed by atoms with E-state index in [1.165, 1.54) is 11.1 Å². The zero-order valence-electron chi connectivity index (χ0n) is 7.70. The van der Waals surface area contributed by atoms with Gasteiger partial charge in [0.15, 0.2) is 0 Å². The van der Waals surface area contributed by atoms with Crippen molar-refractivity contribution in [2.45, 2.75) is 6.42 Å². The molecule has 0 aliphatic carbocycles. The van der Waals surface area contributed by atoms with Crippen LogP contribution >= 0.6 is 0 Å². The Hall–Kier alpha value is -1.71. The van der Waals surface area contributed by atoms with Crippen LogP contribution in [0.5, 0.6) is 0 Å². The molecule has 0 spiro atoms. The quantitative estimate of drug-likeness (QED) is 0.661. The average Bonchev–Trinajstić information content (AvgIpc) is 2.48. The van der Waals surface area contributed by atoms with Crippen LogP contribution in [0.25, 0.3) is 0 Å². The van der Waals surface area contributed by atoms with Gasteiger partial charge >= 0.3 is 0 Å². The molecule has 4 heteroatoms. The van der Waals surface area contributed by atoms with Gasteiger partial charge in [-0.25, -0.2) is 9.40 Å². The second-order valence-corrected chi connectivity index (χ2v) is 3.12. The Morgan fingerprint density at radius 3 is 2.71 bits per heavy atom. The van der Waals surface area contributed by atoms with Gasteiger partial charge in [-0.15, -0.1) is 0 Å². The summed E-state index contributed by atoms with van der Waals surface area (Å²) in [5.74, 6) is -0.447. The summed E-state index contributed by atoms with van der Waals surface area (Å²) < 4.78 is 13.3. The summed E-state index contributed by atoms with van der Waals surface area (Å²) in [7, 11) is 1.57. The highest BCUT2D eigenvalue weighted by Gasteiger charge is 2.22. The van der Waals surface area contributed by atoms with E-state index in [1.54, 1.807) is 25.2 Å². The minimum Gasteiger partial charge on any atom is -0.273 e. The van der Waals surface area contributed by atoms with E-state index in [9.17, 15) is 9.18 Å².